The van der Waals surface area contributed by atoms with E-state index in [2.05, 4.69) is 15.0 Å². The maximum atomic E-state index is 5.64. The van der Waals surface area contributed by atoms with Crippen LogP contribution in [-0.2, 0) is 13.0 Å². The Hall–Kier alpha value is -0.650. The zero-order valence-corrected chi connectivity index (χ0v) is 10.4. The molecule has 1 unspecified atom stereocenters. The van der Waals surface area contributed by atoms with Gasteiger partial charge in [-0.3, -0.25) is 4.90 Å². The first-order chi connectivity index (χ1) is 7.31. The summed E-state index contributed by atoms with van der Waals surface area (Å²) < 4.78 is 5.06. The van der Waals surface area contributed by atoms with Gasteiger partial charge < -0.3 is 10.3 Å². The molecule has 16 heavy (non-hydrogen) atoms. The van der Waals surface area contributed by atoms with Gasteiger partial charge in [0.25, 0.3) is 0 Å². The molecule has 0 amide bonds. The summed E-state index contributed by atoms with van der Waals surface area (Å²) in [6.45, 7) is 5.74. The lowest BCUT2D eigenvalue weighted by atomic mass is 10.1. The van der Waals surface area contributed by atoms with E-state index in [-0.39, 0.29) is 12.4 Å². The van der Waals surface area contributed by atoms with Crippen LogP contribution in [0.25, 0.3) is 0 Å². The monoisotopic (exact) mass is 246 g/mol. The number of hydrogen-bond acceptors (Lipinski definition) is 5. The Morgan fingerprint density at radius 3 is 2.94 bits per heavy atom. The summed E-state index contributed by atoms with van der Waals surface area (Å²) in [7, 11) is 0. The van der Waals surface area contributed by atoms with E-state index in [1.165, 1.54) is 6.42 Å². The largest absolute Gasteiger partial charge is 0.339 e. The molecule has 1 aromatic rings. The van der Waals surface area contributed by atoms with Crippen LogP contribution in [0, 0.1) is 5.92 Å². The highest BCUT2D eigenvalue weighted by Gasteiger charge is 2.22. The van der Waals surface area contributed by atoms with Crippen LogP contribution in [0.5, 0.6) is 0 Å². The molecule has 1 aliphatic heterocycles. The molecule has 92 valence electrons. The Bertz CT molecular complexity index is 318. The maximum absolute atomic E-state index is 5.64. The summed E-state index contributed by atoms with van der Waals surface area (Å²) in [6, 6.07) is 0. The molecule has 1 aliphatic rings. The second-order valence-corrected chi connectivity index (χ2v) is 4.08. The minimum Gasteiger partial charge on any atom is -0.339 e. The van der Waals surface area contributed by atoms with Gasteiger partial charge in [-0.15, -0.1) is 12.4 Å². The Balaban J connectivity index is 0.00000128. The topological polar surface area (TPSA) is 68.2 Å². The van der Waals surface area contributed by atoms with Crippen LogP contribution in [0.2, 0.25) is 0 Å². The van der Waals surface area contributed by atoms with Gasteiger partial charge in [-0.05, 0) is 25.4 Å². The van der Waals surface area contributed by atoms with Crippen molar-refractivity contribution < 1.29 is 4.52 Å². The highest BCUT2D eigenvalue weighted by atomic mass is 35.5. The summed E-state index contributed by atoms with van der Waals surface area (Å²) in [5, 5.41) is 3.94. The molecule has 0 aliphatic carbocycles. The molecule has 2 rings (SSSR count). The fraction of sp³-hybridized carbons (Fsp3) is 0.800. The van der Waals surface area contributed by atoms with Crippen molar-refractivity contribution in [1.82, 2.24) is 15.0 Å². The molecule has 1 atom stereocenters. The standard InChI is InChI=1S/C10H18N4O.ClH/c1-2-10-12-9(13-15-10)7-14-4-3-8(5-11)6-14;/h8H,2-7,11H2,1H3;1H. The van der Waals surface area contributed by atoms with E-state index in [0.717, 1.165) is 44.3 Å². The molecule has 0 radical (unpaired) electrons. The molecule has 0 aromatic carbocycles. The third-order valence-electron chi connectivity index (χ3n) is 2.88. The highest BCUT2D eigenvalue weighted by molar-refractivity contribution is 5.85. The van der Waals surface area contributed by atoms with E-state index in [4.69, 9.17) is 10.3 Å². The van der Waals surface area contributed by atoms with Crippen molar-refractivity contribution in [2.45, 2.75) is 26.3 Å². The maximum Gasteiger partial charge on any atom is 0.226 e. The second-order valence-electron chi connectivity index (χ2n) is 4.08. The number of hydrogen-bond donors (Lipinski definition) is 1. The van der Waals surface area contributed by atoms with Gasteiger partial charge in [0.05, 0.1) is 6.54 Å². The molecule has 5 nitrogen and oxygen atoms in total. The van der Waals surface area contributed by atoms with Crippen LogP contribution < -0.4 is 5.73 Å². The number of likely N-dealkylation sites (tertiary alicyclic amines) is 1. The van der Waals surface area contributed by atoms with E-state index in [1.807, 2.05) is 6.92 Å². The molecule has 2 heterocycles. The SMILES string of the molecule is CCc1nc(CN2CCC(CN)C2)no1.Cl. The summed E-state index contributed by atoms with van der Waals surface area (Å²) in [5.74, 6) is 2.16. The van der Waals surface area contributed by atoms with Gasteiger partial charge in [-0.25, -0.2) is 0 Å². The van der Waals surface area contributed by atoms with Gasteiger partial charge >= 0.3 is 0 Å². The molecular formula is C10H19ClN4O. The molecule has 0 spiro atoms. The predicted molar refractivity (Wildman–Crippen MR) is 63.4 cm³/mol. The Morgan fingerprint density at radius 2 is 2.38 bits per heavy atom. The lowest BCUT2D eigenvalue weighted by Crippen LogP contribution is -2.23. The number of rotatable bonds is 4. The highest BCUT2D eigenvalue weighted by Crippen LogP contribution is 2.16. The van der Waals surface area contributed by atoms with Gasteiger partial charge in [0.2, 0.25) is 5.89 Å². The Kier molecular flexibility index (Phi) is 5.18. The summed E-state index contributed by atoms with van der Waals surface area (Å²) in [4.78, 5) is 6.63. The van der Waals surface area contributed by atoms with Crippen LogP contribution in [0.3, 0.4) is 0 Å². The molecule has 1 saturated heterocycles. The predicted octanol–water partition coefficient (Wildman–Crippen LogP) is 0.834. The number of nitrogens with zero attached hydrogens (tertiary/aromatic N) is 3. The summed E-state index contributed by atoms with van der Waals surface area (Å²) in [5.41, 5.74) is 5.64. The smallest absolute Gasteiger partial charge is 0.226 e. The van der Waals surface area contributed by atoms with E-state index in [0.29, 0.717) is 5.92 Å². The van der Waals surface area contributed by atoms with Gasteiger partial charge in [-0.1, -0.05) is 12.1 Å². The fourth-order valence-corrected chi connectivity index (χ4v) is 1.95. The van der Waals surface area contributed by atoms with Gasteiger partial charge in [0.15, 0.2) is 5.82 Å². The molecule has 6 heteroatoms. The molecule has 1 aromatic heterocycles. The van der Waals surface area contributed by atoms with E-state index < -0.39 is 0 Å². The molecule has 2 N–H and O–H groups in total. The first-order valence-corrected chi connectivity index (χ1v) is 5.55. The fourth-order valence-electron chi connectivity index (χ4n) is 1.95. The third-order valence-corrected chi connectivity index (χ3v) is 2.88. The minimum absolute atomic E-state index is 0. The van der Waals surface area contributed by atoms with Crippen molar-refractivity contribution in [2.24, 2.45) is 11.7 Å². The minimum atomic E-state index is 0. The van der Waals surface area contributed by atoms with E-state index in [1.54, 1.807) is 0 Å². The van der Waals surface area contributed by atoms with Crippen LogP contribution in [-0.4, -0.2) is 34.7 Å². The first kappa shape index (κ1) is 13.4. The van der Waals surface area contributed by atoms with Gasteiger partial charge in [0.1, 0.15) is 0 Å². The lowest BCUT2D eigenvalue weighted by molar-refractivity contribution is 0.299. The quantitative estimate of drug-likeness (QED) is 0.853. The van der Waals surface area contributed by atoms with Crippen molar-refractivity contribution in [1.29, 1.82) is 0 Å². The Morgan fingerprint density at radius 1 is 1.56 bits per heavy atom. The van der Waals surface area contributed by atoms with E-state index in [9.17, 15) is 0 Å². The van der Waals surface area contributed by atoms with E-state index >= 15 is 0 Å². The van der Waals surface area contributed by atoms with Crippen molar-refractivity contribution in [2.75, 3.05) is 19.6 Å². The third kappa shape index (κ3) is 3.17. The zero-order chi connectivity index (χ0) is 10.7. The van der Waals surface area contributed by atoms with Gasteiger partial charge in [0, 0.05) is 13.0 Å². The lowest BCUT2D eigenvalue weighted by Gasteiger charge is -2.12. The van der Waals surface area contributed by atoms with Crippen LogP contribution in [0.4, 0.5) is 0 Å². The van der Waals surface area contributed by atoms with Crippen LogP contribution in [0.15, 0.2) is 4.52 Å². The number of halogens is 1. The second kappa shape index (κ2) is 6.18. The molecule has 1 fully saturated rings. The van der Waals surface area contributed by atoms with Gasteiger partial charge in [-0.2, -0.15) is 4.98 Å². The van der Waals surface area contributed by atoms with Crippen molar-refractivity contribution in [3.05, 3.63) is 11.7 Å². The summed E-state index contributed by atoms with van der Waals surface area (Å²) >= 11 is 0. The average molecular weight is 247 g/mol. The average Bonchev–Trinajstić information content (AvgIpc) is 2.87. The Labute approximate surface area is 102 Å². The number of aromatic nitrogens is 2. The zero-order valence-electron chi connectivity index (χ0n) is 9.56. The molecule has 0 saturated carbocycles. The van der Waals surface area contributed by atoms with Crippen molar-refractivity contribution >= 4 is 12.4 Å². The van der Waals surface area contributed by atoms with Crippen molar-refractivity contribution in [3.8, 4) is 0 Å². The number of aryl methyl sites for hydroxylation is 1. The normalized spacial score (nSPS) is 21.0. The first-order valence-electron chi connectivity index (χ1n) is 5.55. The molecule has 0 bridgehead atoms. The van der Waals surface area contributed by atoms with Crippen LogP contribution >= 0.6 is 12.4 Å². The summed E-state index contributed by atoms with van der Waals surface area (Å²) in [6.07, 6.45) is 1.99. The molecular weight excluding hydrogens is 228 g/mol. The van der Waals surface area contributed by atoms with Crippen LogP contribution in [0.1, 0.15) is 25.1 Å². The number of nitrogens with two attached hydrogens (primary N) is 1. The van der Waals surface area contributed by atoms with Crippen molar-refractivity contribution in [3.63, 3.8) is 0 Å².